The van der Waals surface area contributed by atoms with E-state index >= 15 is 0 Å². The molecule has 0 bridgehead atoms. The summed E-state index contributed by atoms with van der Waals surface area (Å²) in [6.45, 7) is 4.21. The van der Waals surface area contributed by atoms with Crippen LogP contribution < -0.4 is 0 Å². The van der Waals surface area contributed by atoms with Gasteiger partial charge in [-0.3, -0.25) is 9.59 Å². The Bertz CT molecular complexity index is 531. The Hall–Kier alpha value is -1.84. The smallest absolute Gasteiger partial charge is 0.323 e. The predicted octanol–water partition coefficient (Wildman–Crippen LogP) is 2.70. The highest BCUT2D eigenvalue weighted by atomic mass is 16.5. The van der Waals surface area contributed by atoms with Crippen molar-refractivity contribution in [3.8, 4) is 0 Å². The highest BCUT2D eigenvalue weighted by Crippen LogP contribution is 2.46. The molecule has 4 nitrogen and oxygen atoms in total. The minimum Gasteiger partial charge on any atom is -0.468 e. The molecule has 0 amide bonds. The van der Waals surface area contributed by atoms with Crippen LogP contribution in [0.15, 0.2) is 24.3 Å². The molecular formula is C17H22O4. The number of benzene rings is 1. The van der Waals surface area contributed by atoms with Crippen molar-refractivity contribution in [2.75, 3.05) is 14.2 Å². The number of hydrogen-bond acceptors (Lipinski definition) is 4. The van der Waals surface area contributed by atoms with Crippen LogP contribution in [0.2, 0.25) is 0 Å². The molecule has 1 aromatic carbocycles. The van der Waals surface area contributed by atoms with E-state index in [0.29, 0.717) is 18.8 Å². The second kappa shape index (κ2) is 5.88. The molecular weight excluding hydrogens is 268 g/mol. The van der Waals surface area contributed by atoms with Crippen molar-refractivity contribution in [3.05, 3.63) is 35.4 Å². The van der Waals surface area contributed by atoms with Gasteiger partial charge in [0.15, 0.2) is 5.41 Å². The number of carbonyl (C=O) groups excluding carboxylic acids is 2. The molecule has 0 aliphatic heterocycles. The van der Waals surface area contributed by atoms with Gasteiger partial charge in [-0.25, -0.2) is 0 Å². The van der Waals surface area contributed by atoms with E-state index in [1.54, 1.807) is 0 Å². The van der Waals surface area contributed by atoms with Gasteiger partial charge in [-0.15, -0.1) is 0 Å². The van der Waals surface area contributed by atoms with Crippen molar-refractivity contribution in [1.82, 2.24) is 0 Å². The molecule has 1 unspecified atom stereocenters. The van der Waals surface area contributed by atoms with Crippen LogP contribution in [0.4, 0.5) is 0 Å². The highest BCUT2D eigenvalue weighted by molar-refractivity contribution is 6.00. The molecule has 1 aliphatic carbocycles. The van der Waals surface area contributed by atoms with E-state index in [4.69, 9.17) is 9.47 Å². The third kappa shape index (κ3) is 2.55. The molecule has 114 valence electrons. The van der Waals surface area contributed by atoms with Gasteiger partial charge < -0.3 is 9.47 Å². The SMILES string of the molecule is COC(=O)C1(C(=O)OC)Cc2ccccc2C(C(C)C)C1. The summed E-state index contributed by atoms with van der Waals surface area (Å²) < 4.78 is 9.84. The first-order valence-electron chi connectivity index (χ1n) is 7.21. The molecule has 0 radical (unpaired) electrons. The zero-order valence-electron chi connectivity index (χ0n) is 13.0. The first kappa shape index (κ1) is 15.5. The quantitative estimate of drug-likeness (QED) is 0.634. The van der Waals surface area contributed by atoms with Crippen molar-refractivity contribution in [2.45, 2.75) is 32.6 Å². The summed E-state index contributed by atoms with van der Waals surface area (Å²) in [6, 6.07) is 7.99. The van der Waals surface area contributed by atoms with Gasteiger partial charge in [-0.2, -0.15) is 0 Å². The number of hydrogen-bond donors (Lipinski definition) is 0. The Labute approximate surface area is 125 Å². The van der Waals surface area contributed by atoms with Gasteiger partial charge in [0.25, 0.3) is 0 Å². The zero-order chi connectivity index (χ0) is 15.6. The Morgan fingerprint density at radius 3 is 2.24 bits per heavy atom. The molecule has 0 fully saturated rings. The van der Waals surface area contributed by atoms with Crippen LogP contribution in [-0.4, -0.2) is 26.2 Å². The summed E-state index contributed by atoms with van der Waals surface area (Å²) in [4.78, 5) is 24.7. The molecule has 0 spiro atoms. The maximum Gasteiger partial charge on any atom is 0.323 e. The summed E-state index contributed by atoms with van der Waals surface area (Å²) in [7, 11) is 2.63. The van der Waals surface area contributed by atoms with Crippen LogP contribution in [0.3, 0.4) is 0 Å². The van der Waals surface area contributed by atoms with Crippen LogP contribution in [-0.2, 0) is 25.5 Å². The second-order valence-electron chi connectivity index (χ2n) is 6.00. The van der Waals surface area contributed by atoms with Crippen LogP contribution in [0.1, 0.15) is 37.3 Å². The van der Waals surface area contributed by atoms with Gasteiger partial charge in [0.1, 0.15) is 0 Å². The summed E-state index contributed by atoms with van der Waals surface area (Å²) >= 11 is 0. The Morgan fingerprint density at radius 1 is 1.14 bits per heavy atom. The molecule has 0 saturated carbocycles. The average molecular weight is 290 g/mol. The van der Waals surface area contributed by atoms with E-state index in [-0.39, 0.29) is 5.92 Å². The average Bonchev–Trinajstić information content (AvgIpc) is 2.51. The standard InChI is InChI=1S/C17H22O4/c1-11(2)14-10-17(15(18)20-3,16(19)21-4)9-12-7-5-6-8-13(12)14/h5-8,11,14H,9-10H2,1-4H3. The van der Waals surface area contributed by atoms with E-state index in [1.807, 2.05) is 18.2 Å². The number of ether oxygens (including phenoxy) is 2. The van der Waals surface area contributed by atoms with E-state index < -0.39 is 17.4 Å². The molecule has 0 saturated heterocycles. The number of esters is 2. The third-order valence-corrected chi connectivity index (χ3v) is 4.47. The van der Waals surface area contributed by atoms with Crippen molar-refractivity contribution in [2.24, 2.45) is 11.3 Å². The van der Waals surface area contributed by atoms with Crippen LogP contribution >= 0.6 is 0 Å². The fourth-order valence-corrected chi connectivity index (χ4v) is 3.32. The monoisotopic (exact) mass is 290 g/mol. The van der Waals surface area contributed by atoms with Crippen molar-refractivity contribution >= 4 is 11.9 Å². The molecule has 2 rings (SSSR count). The first-order valence-corrected chi connectivity index (χ1v) is 7.21. The fourth-order valence-electron chi connectivity index (χ4n) is 3.32. The van der Waals surface area contributed by atoms with Gasteiger partial charge >= 0.3 is 11.9 Å². The summed E-state index contributed by atoms with van der Waals surface area (Å²) in [5.41, 5.74) is 1.02. The number of methoxy groups -OCH3 is 2. The number of carbonyl (C=O) groups is 2. The van der Waals surface area contributed by atoms with Gasteiger partial charge in [-0.1, -0.05) is 38.1 Å². The van der Waals surface area contributed by atoms with Crippen LogP contribution in [0.25, 0.3) is 0 Å². The molecule has 0 heterocycles. The normalized spacial score (nSPS) is 19.8. The van der Waals surface area contributed by atoms with E-state index in [9.17, 15) is 9.59 Å². The van der Waals surface area contributed by atoms with E-state index in [2.05, 4.69) is 19.9 Å². The number of rotatable bonds is 3. The lowest BCUT2D eigenvalue weighted by atomic mass is 9.64. The lowest BCUT2D eigenvalue weighted by Crippen LogP contribution is -2.47. The van der Waals surface area contributed by atoms with Crippen LogP contribution in [0.5, 0.6) is 0 Å². The van der Waals surface area contributed by atoms with Gasteiger partial charge in [0.05, 0.1) is 14.2 Å². The number of fused-ring (bicyclic) bond motifs is 1. The van der Waals surface area contributed by atoms with Crippen LogP contribution in [0, 0.1) is 11.3 Å². The Kier molecular flexibility index (Phi) is 4.35. The minimum absolute atomic E-state index is 0.133. The maximum atomic E-state index is 12.3. The molecule has 0 N–H and O–H groups in total. The summed E-state index contributed by atoms with van der Waals surface area (Å²) in [5.74, 6) is -0.558. The van der Waals surface area contributed by atoms with Gasteiger partial charge in [0.2, 0.25) is 0 Å². The summed E-state index contributed by atoms with van der Waals surface area (Å²) in [6.07, 6.45) is 0.771. The first-order chi connectivity index (χ1) is 9.96. The Morgan fingerprint density at radius 2 is 1.71 bits per heavy atom. The topological polar surface area (TPSA) is 52.6 Å². The molecule has 21 heavy (non-hydrogen) atoms. The predicted molar refractivity (Wildman–Crippen MR) is 78.8 cm³/mol. The molecule has 1 aliphatic rings. The van der Waals surface area contributed by atoms with Crippen molar-refractivity contribution in [3.63, 3.8) is 0 Å². The minimum atomic E-state index is -1.23. The third-order valence-electron chi connectivity index (χ3n) is 4.47. The largest absolute Gasteiger partial charge is 0.468 e. The molecule has 1 atom stereocenters. The van der Waals surface area contributed by atoms with E-state index in [0.717, 1.165) is 5.56 Å². The molecule has 4 heteroatoms. The summed E-state index contributed by atoms with van der Waals surface area (Å²) in [5, 5.41) is 0. The van der Waals surface area contributed by atoms with Crippen molar-refractivity contribution < 1.29 is 19.1 Å². The lowest BCUT2D eigenvalue weighted by molar-refractivity contribution is -0.171. The van der Waals surface area contributed by atoms with Crippen molar-refractivity contribution in [1.29, 1.82) is 0 Å². The lowest BCUT2D eigenvalue weighted by Gasteiger charge is -2.39. The Balaban J connectivity index is 2.56. The molecule has 0 aromatic heterocycles. The van der Waals surface area contributed by atoms with Gasteiger partial charge in [0, 0.05) is 0 Å². The maximum absolute atomic E-state index is 12.3. The van der Waals surface area contributed by atoms with Gasteiger partial charge in [-0.05, 0) is 35.8 Å². The second-order valence-corrected chi connectivity index (χ2v) is 6.00. The fraction of sp³-hybridized carbons (Fsp3) is 0.529. The zero-order valence-corrected chi connectivity index (χ0v) is 13.0. The highest BCUT2D eigenvalue weighted by Gasteiger charge is 2.53. The molecule has 1 aromatic rings. The van der Waals surface area contributed by atoms with E-state index in [1.165, 1.54) is 19.8 Å².